The van der Waals surface area contributed by atoms with Gasteiger partial charge in [0.25, 0.3) is 0 Å². The summed E-state index contributed by atoms with van der Waals surface area (Å²) in [5.41, 5.74) is 0. The second-order valence-corrected chi connectivity index (χ2v) is 6.04. The molecule has 0 radical (unpaired) electrons. The highest BCUT2D eigenvalue weighted by atomic mass is 35.5. The molecule has 1 aliphatic carbocycles. The van der Waals surface area contributed by atoms with Gasteiger partial charge in [-0.2, -0.15) is 0 Å². The average Bonchev–Trinajstić information content (AvgIpc) is 2.90. The van der Waals surface area contributed by atoms with E-state index in [0.29, 0.717) is 15.8 Å². The van der Waals surface area contributed by atoms with E-state index in [9.17, 15) is 9.90 Å². The second-order valence-electron chi connectivity index (χ2n) is 5.22. The number of hydrogen-bond donors (Lipinski definition) is 2. The standard InChI is InChI=1S/C15H19Cl2NO3/c16-12-5-4-11(8-13(12)17)21-7-6-15(20)18-14-3-1-2-10(14)9-19/h4-5,8,10,14,19H,1-3,6-7,9H2,(H,18,20). The van der Waals surface area contributed by atoms with E-state index in [4.69, 9.17) is 27.9 Å². The highest BCUT2D eigenvalue weighted by Gasteiger charge is 2.27. The van der Waals surface area contributed by atoms with Crippen LogP contribution in [0.1, 0.15) is 25.7 Å². The Labute approximate surface area is 134 Å². The molecule has 2 N–H and O–H groups in total. The van der Waals surface area contributed by atoms with Gasteiger partial charge in [0.1, 0.15) is 5.75 Å². The average molecular weight is 332 g/mol. The maximum absolute atomic E-state index is 11.9. The van der Waals surface area contributed by atoms with Crippen molar-refractivity contribution in [2.75, 3.05) is 13.2 Å². The van der Waals surface area contributed by atoms with E-state index in [2.05, 4.69) is 5.32 Å². The predicted octanol–water partition coefficient (Wildman–Crippen LogP) is 3.04. The summed E-state index contributed by atoms with van der Waals surface area (Å²) in [5.74, 6) is 0.719. The molecule has 2 unspecified atom stereocenters. The summed E-state index contributed by atoms with van der Waals surface area (Å²) in [6.45, 7) is 0.408. The molecule has 4 nitrogen and oxygen atoms in total. The fourth-order valence-electron chi connectivity index (χ4n) is 2.55. The first-order valence-electron chi connectivity index (χ1n) is 7.08. The van der Waals surface area contributed by atoms with E-state index in [-0.39, 0.29) is 37.5 Å². The second kappa shape index (κ2) is 7.87. The molecule has 1 aromatic carbocycles. The summed E-state index contributed by atoms with van der Waals surface area (Å²) < 4.78 is 5.48. The van der Waals surface area contributed by atoms with Crippen LogP contribution >= 0.6 is 23.2 Å². The number of rotatable bonds is 6. The number of carbonyl (C=O) groups is 1. The van der Waals surface area contributed by atoms with Crippen LogP contribution in [0, 0.1) is 5.92 Å². The fraction of sp³-hybridized carbons (Fsp3) is 0.533. The first-order valence-corrected chi connectivity index (χ1v) is 7.84. The SMILES string of the molecule is O=C(CCOc1ccc(Cl)c(Cl)c1)NC1CCCC1CO. The molecule has 6 heteroatoms. The molecule has 0 spiro atoms. The Kier molecular flexibility index (Phi) is 6.15. The van der Waals surface area contributed by atoms with Gasteiger partial charge in [0.15, 0.2) is 0 Å². The van der Waals surface area contributed by atoms with E-state index in [1.807, 2.05) is 0 Å². The maximum Gasteiger partial charge on any atom is 0.223 e. The number of halogens is 2. The molecule has 1 amide bonds. The molecule has 2 rings (SSSR count). The van der Waals surface area contributed by atoms with Crippen molar-refractivity contribution in [3.63, 3.8) is 0 Å². The third-order valence-electron chi connectivity index (χ3n) is 3.73. The summed E-state index contributed by atoms with van der Waals surface area (Å²) in [5, 5.41) is 13.1. The summed E-state index contributed by atoms with van der Waals surface area (Å²) in [4.78, 5) is 11.9. The van der Waals surface area contributed by atoms with E-state index in [1.54, 1.807) is 18.2 Å². The van der Waals surface area contributed by atoms with Crippen LogP contribution in [-0.4, -0.2) is 30.3 Å². The Bertz CT molecular complexity index is 496. The van der Waals surface area contributed by atoms with Crippen molar-refractivity contribution in [2.45, 2.75) is 31.7 Å². The minimum Gasteiger partial charge on any atom is -0.493 e. The minimum absolute atomic E-state index is 0.0552. The van der Waals surface area contributed by atoms with Crippen LogP contribution < -0.4 is 10.1 Å². The van der Waals surface area contributed by atoms with Crippen molar-refractivity contribution in [1.29, 1.82) is 0 Å². The number of hydrogen-bond acceptors (Lipinski definition) is 3. The molecule has 1 aromatic rings. The van der Waals surface area contributed by atoms with Gasteiger partial charge < -0.3 is 15.2 Å². The Morgan fingerprint density at radius 2 is 2.14 bits per heavy atom. The van der Waals surface area contributed by atoms with Crippen molar-refractivity contribution in [3.05, 3.63) is 28.2 Å². The smallest absolute Gasteiger partial charge is 0.223 e. The van der Waals surface area contributed by atoms with Crippen molar-refractivity contribution < 1.29 is 14.6 Å². The van der Waals surface area contributed by atoms with Crippen molar-refractivity contribution in [2.24, 2.45) is 5.92 Å². The summed E-state index contributed by atoms with van der Waals surface area (Å²) in [6, 6.07) is 5.09. The number of carbonyl (C=O) groups excluding carboxylic acids is 1. The van der Waals surface area contributed by atoms with Gasteiger partial charge in [-0.05, 0) is 25.0 Å². The normalized spacial score (nSPS) is 21.3. The minimum atomic E-state index is -0.0552. The summed E-state index contributed by atoms with van der Waals surface area (Å²) in [7, 11) is 0. The third-order valence-corrected chi connectivity index (χ3v) is 4.47. The van der Waals surface area contributed by atoms with Crippen LogP contribution in [0.15, 0.2) is 18.2 Å². The van der Waals surface area contributed by atoms with E-state index in [1.165, 1.54) is 0 Å². The van der Waals surface area contributed by atoms with Crippen molar-refractivity contribution in [3.8, 4) is 5.75 Å². The fourth-order valence-corrected chi connectivity index (χ4v) is 2.84. The molecule has 1 saturated carbocycles. The van der Waals surface area contributed by atoms with E-state index in [0.717, 1.165) is 19.3 Å². The molecule has 2 atom stereocenters. The van der Waals surface area contributed by atoms with E-state index >= 15 is 0 Å². The lowest BCUT2D eigenvalue weighted by molar-refractivity contribution is -0.122. The highest BCUT2D eigenvalue weighted by Crippen LogP contribution is 2.27. The van der Waals surface area contributed by atoms with Crippen LogP contribution in [0.3, 0.4) is 0 Å². The Balaban J connectivity index is 1.72. The van der Waals surface area contributed by atoms with Gasteiger partial charge in [-0.25, -0.2) is 0 Å². The number of nitrogens with one attached hydrogen (secondary N) is 1. The number of ether oxygens (including phenoxy) is 1. The number of aliphatic hydroxyl groups is 1. The lowest BCUT2D eigenvalue weighted by atomic mass is 10.1. The molecule has 0 heterocycles. The highest BCUT2D eigenvalue weighted by molar-refractivity contribution is 6.42. The lowest BCUT2D eigenvalue weighted by Gasteiger charge is -2.19. The molecule has 0 aliphatic heterocycles. The Hall–Kier alpha value is -0.970. The van der Waals surface area contributed by atoms with Gasteiger partial charge >= 0.3 is 0 Å². The molecule has 0 bridgehead atoms. The largest absolute Gasteiger partial charge is 0.493 e. The molecular weight excluding hydrogens is 313 g/mol. The van der Waals surface area contributed by atoms with Crippen LogP contribution in [0.25, 0.3) is 0 Å². The van der Waals surface area contributed by atoms with Crippen LogP contribution in [0.5, 0.6) is 5.75 Å². The van der Waals surface area contributed by atoms with E-state index < -0.39 is 0 Å². The summed E-state index contributed by atoms with van der Waals surface area (Å²) >= 11 is 11.7. The predicted molar refractivity (Wildman–Crippen MR) is 82.9 cm³/mol. The zero-order chi connectivity index (χ0) is 15.2. The number of aliphatic hydroxyl groups excluding tert-OH is 1. The first kappa shape index (κ1) is 16.4. The quantitative estimate of drug-likeness (QED) is 0.842. The monoisotopic (exact) mass is 331 g/mol. The van der Waals surface area contributed by atoms with Crippen molar-refractivity contribution in [1.82, 2.24) is 5.32 Å². The zero-order valence-electron chi connectivity index (χ0n) is 11.6. The van der Waals surface area contributed by atoms with Gasteiger partial charge in [-0.1, -0.05) is 29.6 Å². The molecule has 0 saturated heterocycles. The molecule has 1 fully saturated rings. The number of amides is 1. The first-order chi connectivity index (χ1) is 10.1. The maximum atomic E-state index is 11.9. The van der Waals surface area contributed by atoms with Crippen molar-refractivity contribution >= 4 is 29.1 Å². The lowest BCUT2D eigenvalue weighted by Crippen LogP contribution is -2.39. The van der Waals surface area contributed by atoms with Gasteiger partial charge in [-0.15, -0.1) is 0 Å². The number of benzene rings is 1. The van der Waals surface area contributed by atoms with Crippen LogP contribution in [0.2, 0.25) is 10.0 Å². The molecule has 1 aliphatic rings. The zero-order valence-corrected chi connectivity index (χ0v) is 13.2. The van der Waals surface area contributed by atoms with Crippen LogP contribution in [0.4, 0.5) is 0 Å². The topological polar surface area (TPSA) is 58.6 Å². The van der Waals surface area contributed by atoms with Gasteiger partial charge in [0.05, 0.1) is 23.1 Å². The van der Waals surface area contributed by atoms with Gasteiger partial charge in [0, 0.05) is 24.6 Å². The Morgan fingerprint density at radius 1 is 1.33 bits per heavy atom. The molecule has 116 valence electrons. The van der Waals surface area contributed by atoms with Gasteiger partial charge in [0.2, 0.25) is 5.91 Å². The Morgan fingerprint density at radius 3 is 2.86 bits per heavy atom. The van der Waals surface area contributed by atoms with Crippen LogP contribution in [-0.2, 0) is 4.79 Å². The molecule has 21 heavy (non-hydrogen) atoms. The molecule has 0 aromatic heterocycles. The molecular formula is C15H19Cl2NO3. The third kappa shape index (κ3) is 4.77. The summed E-state index contributed by atoms with van der Waals surface area (Å²) in [6.07, 6.45) is 3.23. The van der Waals surface area contributed by atoms with Gasteiger partial charge in [-0.3, -0.25) is 4.79 Å².